The van der Waals surface area contributed by atoms with E-state index in [1.54, 1.807) is 18.2 Å². The number of aliphatic carboxylic acids is 1. The summed E-state index contributed by atoms with van der Waals surface area (Å²) < 4.78 is 1.46. The molecule has 5 nitrogen and oxygen atoms in total. The highest BCUT2D eigenvalue weighted by Crippen LogP contribution is 2.26. The minimum absolute atomic E-state index is 0.220. The van der Waals surface area contributed by atoms with Crippen molar-refractivity contribution < 1.29 is 9.90 Å². The Morgan fingerprint density at radius 2 is 1.83 bits per heavy atom. The van der Waals surface area contributed by atoms with E-state index in [0.29, 0.717) is 11.3 Å². The van der Waals surface area contributed by atoms with Gasteiger partial charge in [0, 0.05) is 5.56 Å². The second kappa shape index (κ2) is 6.16. The van der Waals surface area contributed by atoms with Crippen molar-refractivity contribution in [1.29, 1.82) is 5.26 Å². The molecule has 0 aliphatic heterocycles. The first-order valence-electron chi connectivity index (χ1n) is 7.03. The van der Waals surface area contributed by atoms with E-state index in [1.807, 2.05) is 42.5 Å². The lowest BCUT2D eigenvalue weighted by molar-refractivity contribution is -0.137. The van der Waals surface area contributed by atoms with Crippen molar-refractivity contribution in [3.8, 4) is 28.6 Å². The Kier molecular flexibility index (Phi) is 3.89. The van der Waals surface area contributed by atoms with Gasteiger partial charge >= 0.3 is 5.97 Å². The van der Waals surface area contributed by atoms with E-state index in [0.717, 1.165) is 16.8 Å². The molecule has 2 aromatic carbocycles. The van der Waals surface area contributed by atoms with Crippen LogP contribution in [-0.2, 0) is 11.3 Å². The van der Waals surface area contributed by atoms with Gasteiger partial charge in [0.1, 0.15) is 6.54 Å². The summed E-state index contributed by atoms with van der Waals surface area (Å²) >= 11 is 0. The lowest BCUT2D eigenvalue weighted by Crippen LogP contribution is -2.11. The molecule has 0 radical (unpaired) electrons. The Balaban J connectivity index is 2.11. The Hall–Kier alpha value is -3.39. The normalized spacial score (nSPS) is 10.2. The van der Waals surface area contributed by atoms with Gasteiger partial charge in [-0.1, -0.05) is 42.5 Å². The second-order valence-electron chi connectivity index (χ2n) is 5.02. The minimum atomic E-state index is -0.956. The van der Waals surface area contributed by atoms with Gasteiger partial charge < -0.3 is 5.11 Å². The number of carboxylic acid groups (broad SMARTS) is 1. The van der Waals surface area contributed by atoms with Gasteiger partial charge in [0.15, 0.2) is 0 Å². The van der Waals surface area contributed by atoms with Gasteiger partial charge in [0.2, 0.25) is 0 Å². The molecule has 0 atom stereocenters. The largest absolute Gasteiger partial charge is 0.480 e. The van der Waals surface area contributed by atoms with E-state index in [9.17, 15) is 4.79 Å². The van der Waals surface area contributed by atoms with Crippen molar-refractivity contribution in [2.24, 2.45) is 0 Å². The summed E-state index contributed by atoms with van der Waals surface area (Å²) in [5, 5.41) is 22.5. The zero-order chi connectivity index (χ0) is 16.2. The highest BCUT2D eigenvalue weighted by Gasteiger charge is 2.13. The predicted molar refractivity (Wildman–Crippen MR) is 85.4 cm³/mol. The van der Waals surface area contributed by atoms with Crippen LogP contribution in [0.1, 0.15) is 5.56 Å². The molecule has 0 saturated carbocycles. The molecule has 23 heavy (non-hydrogen) atoms. The number of rotatable bonds is 4. The second-order valence-corrected chi connectivity index (χ2v) is 5.02. The molecule has 1 N–H and O–H groups in total. The summed E-state index contributed by atoms with van der Waals surface area (Å²) in [5.41, 5.74) is 3.58. The maximum absolute atomic E-state index is 11.1. The van der Waals surface area contributed by atoms with Gasteiger partial charge in [0.05, 0.1) is 23.0 Å². The van der Waals surface area contributed by atoms with Crippen molar-refractivity contribution in [3.63, 3.8) is 0 Å². The molecular weight excluding hydrogens is 290 g/mol. The molecule has 5 heteroatoms. The number of hydrogen-bond donors (Lipinski definition) is 1. The van der Waals surface area contributed by atoms with E-state index >= 15 is 0 Å². The van der Waals surface area contributed by atoms with Gasteiger partial charge in [-0.3, -0.25) is 9.48 Å². The summed E-state index contributed by atoms with van der Waals surface area (Å²) in [6, 6.07) is 20.5. The molecule has 0 unspecified atom stereocenters. The third-order valence-electron chi connectivity index (χ3n) is 3.42. The number of carbonyl (C=O) groups is 1. The number of nitrogens with zero attached hydrogens (tertiary/aromatic N) is 3. The van der Waals surface area contributed by atoms with Gasteiger partial charge in [-0.25, -0.2) is 0 Å². The monoisotopic (exact) mass is 303 g/mol. The van der Waals surface area contributed by atoms with Crippen LogP contribution >= 0.6 is 0 Å². The molecule has 1 heterocycles. The lowest BCUT2D eigenvalue weighted by atomic mass is 10.1. The van der Waals surface area contributed by atoms with Gasteiger partial charge in [0.25, 0.3) is 0 Å². The van der Waals surface area contributed by atoms with Crippen molar-refractivity contribution in [1.82, 2.24) is 9.78 Å². The third kappa shape index (κ3) is 3.11. The van der Waals surface area contributed by atoms with Crippen LogP contribution in [0, 0.1) is 11.3 Å². The Bertz CT molecular complexity index is 892. The van der Waals surface area contributed by atoms with Crippen LogP contribution in [0.3, 0.4) is 0 Å². The number of benzene rings is 2. The topological polar surface area (TPSA) is 78.9 Å². The van der Waals surface area contributed by atoms with Crippen LogP contribution in [0.25, 0.3) is 22.5 Å². The average Bonchev–Trinajstić information content (AvgIpc) is 2.99. The predicted octanol–water partition coefficient (Wildman–Crippen LogP) is 3.17. The zero-order valence-electron chi connectivity index (χ0n) is 12.2. The Morgan fingerprint density at radius 3 is 2.52 bits per heavy atom. The number of nitriles is 1. The van der Waals surface area contributed by atoms with E-state index in [2.05, 4.69) is 11.2 Å². The van der Waals surface area contributed by atoms with Crippen LogP contribution in [0.4, 0.5) is 0 Å². The SMILES string of the molecule is N#Cc1cccc(-c2cc(-c3ccccc3)n(CC(=O)O)n2)c1. The fourth-order valence-electron chi connectivity index (χ4n) is 2.40. The van der Waals surface area contributed by atoms with Crippen molar-refractivity contribution in [2.45, 2.75) is 6.54 Å². The fourth-order valence-corrected chi connectivity index (χ4v) is 2.40. The summed E-state index contributed by atoms with van der Waals surface area (Å²) in [6.07, 6.45) is 0. The molecule has 3 rings (SSSR count). The van der Waals surface area contributed by atoms with Gasteiger partial charge in [-0.15, -0.1) is 0 Å². The Labute approximate surface area is 133 Å². The highest BCUT2D eigenvalue weighted by atomic mass is 16.4. The first-order chi connectivity index (χ1) is 11.2. The molecule has 0 spiro atoms. The molecule has 0 bridgehead atoms. The van der Waals surface area contributed by atoms with Crippen molar-refractivity contribution >= 4 is 5.97 Å². The smallest absolute Gasteiger partial charge is 0.325 e. The van der Waals surface area contributed by atoms with Crippen LogP contribution in [0.5, 0.6) is 0 Å². The van der Waals surface area contributed by atoms with E-state index in [4.69, 9.17) is 10.4 Å². The highest BCUT2D eigenvalue weighted by molar-refractivity contribution is 5.72. The molecule has 0 fully saturated rings. The molecule has 112 valence electrons. The average molecular weight is 303 g/mol. The van der Waals surface area contributed by atoms with Crippen LogP contribution in [0.2, 0.25) is 0 Å². The number of hydrogen-bond acceptors (Lipinski definition) is 3. The fraction of sp³-hybridized carbons (Fsp3) is 0.0556. The zero-order valence-corrected chi connectivity index (χ0v) is 12.2. The van der Waals surface area contributed by atoms with Gasteiger partial charge in [-0.2, -0.15) is 10.4 Å². The van der Waals surface area contributed by atoms with Crippen LogP contribution in [0.15, 0.2) is 60.7 Å². The number of aromatic nitrogens is 2. The quantitative estimate of drug-likeness (QED) is 0.803. The van der Waals surface area contributed by atoms with Crippen molar-refractivity contribution in [2.75, 3.05) is 0 Å². The van der Waals surface area contributed by atoms with E-state index < -0.39 is 5.97 Å². The first kappa shape index (κ1) is 14.5. The van der Waals surface area contributed by atoms with Crippen LogP contribution in [-0.4, -0.2) is 20.9 Å². The standard InChI is InChI=1S/C18H13N3O2/c19-11-13-5-4-8-15(9-13)16-10-17(14-6-2-1-3-7-14)21(20-16)12-18(22)23/h1-10H,12H2,(H,22,23). The maximum atomic E-state index is 11.1. The molecule has 0 aliphatic carbocycles. The lowest BCUT2D eigenvalue weighted by Gasteiger charge is -2.04. The summed E-state index contributed by atoms with van der Waals surface area (Å²) in [7, 11) is 0. The molecule has 0 amide bonds. The van der Waals surface area contributed by atoms with Crippen molar-refractivity contribution in [3.05, 3.63) is 66.2 Å². The first-order valence-corrected chi connectivity index (χ1v) is 7.03. The summed E-state index contributed by atoms with van der Waals surface area (Å²) in [6.45, 7) is -0.220. The number of carboxylic acids is 1. The molecule has 0 aliphatic rings. The molecule has 0 saturated heterocycles. The Morgan fingerprint density at radius 1 is 1.09 bits per heavy atom. The minimum Gasteiger partial charge on any atom is -0.480 e. The van der Waals surface area contributed by atoms with Gasteiger partial charge in [-0.05, 0) is 23.8 Å². The maximum Gasteiger partial charge on any atom is 0.325 e. The van der Waals surface area contributed by atoms with Crippen LogP contribution < -0.4 is 0 Å². The molecule has 1 aromatic heterocycles. The molecule has 3 aromatic rings. The van der Waals surface area contributed by atoms with E-state index in [-0.39, 0.29) is 6.54 Å². The molecular formula is C18H13N3O2. The summed E-state index contributed by atoms with van der Waals surface area (Å²) in [4.78, 5) is 11.1. The van der Waals surface area contributed by atoms with E-state index in [1.165, 1.54) is 4.68 Å². The third-order valence-corrected chi connectivity index (χ3v) is 3.42. The summed E-state index contributed by atoms with van der Waals surface area (Å²) in [5.74, 6) is -0.956.